The van der Waals surface area contributed by atoms with Crippen molar-refractivity contribution in [3.8, 4) is 0 Å². The maximum absolute atomic E-state index is 11.0. The molecule has 0 spiro atoms. The smallest absolute Gasteiger partial charge is 0.305 e. The van der Waals surface area contributed by atoms with Crippen LogP contribution < -0.4 is 10.6 Å². The van der Waals surface area contributed by atoms with E-state index in [0.29, 0.717) is 5.92 Å². The van der Waals surface area contributed by atoms with Gasteiger partial charge in [-0.2, -0.15) is 0 Å². The Hall–Kier alpha value is -0.650. The van der Waals surface area contributed by atoms with Gasteiger partial charge in [0.1, 0.15) is 0 Å². The lowest BCUT2D eigenvalue weighted by molar-refractivity contribution is -0.142. The number of carboxylic acid groups (broad SMARTS) is 1. The molecule has 2 rings (SSSR count). The van der Waals surface area contributed by atoms with Crippen LogP contribution in [0.2, 0.25) is 0 Å². The molecule has 98 valence electrons. The highest BCUT2D eigenvalue weighted by Crippen LogP contribution is 2.29. The monoisotopic (exact) mass is 241 g/mol. The standard InChI is InChI=1S/C12H23N3O2/c1-13-6-10-3-2-4-15(7-10)12(5-11(16)17)8-14-9-12/h10,13-14H,2-9H2,1H3,(H,16,17). The predicted octanol–water partition coefficient (Wildman–Crippen LogP) is -0.265. The highest BCUT2D eigenvalue weighted by Gasteiger charge is 2.45. The molecule has 5 nitrogen and oxygen atoms in total. The Bertz CT molecular complexity index is 277. The van der Waals surface area contributed by atoms with Crippen LogP contribution in [0.5, 0.6) is 0 Å². The predicted molar refractivity (Wildman–Crippen MR) is 66.1 cm³/mol. The Labute approximate surface area is 103 Å². The van der Waals surface area contributed by atoms with Crippen LogP contribution in [-0.2, 0) is 4.79 Å². The van der Waals surface area contributed by atoms with Crippen LogP contribution in [0, 0.1) is 5.92 Å². The molecule has 2 aliphatic rings. The molecule has 0 aromatic heterocycles. The quantitative estimate of drug-likeness (QED) is 0.619. The van der Waals surface area contributed by atoms with Crippen LogP contribution in [0.3, 0.4) is 0 Å². The van der Waals surface area contributed by atoms with Gasteiger partial charge in [-0.15, -0.1) is 0 Å². The van der Waals surface area contributed by atoms with E-state index in [0.717, 1.165) is 32.7 Å². The maximum atomic E-state index is 11.0. The van der Waals surface area contributed by atoms with Crippen molar-refractivity contribution in [1.29, 1.82) is 0 Å². The number of nitrogens with one attached hydrogen (secondary N) is 2. The van der Waals surface area contributed by atoms with Crippen LogP contribution in [0.4, 0.5) is 0 Å². The van der Waals surface area contributed by atoms with Crippen LogP contribution in [0.25, 0.3) is 0 Å². The molecule has 2 saturated heterocycles. The zero-order valence-corrected chi connectivity index (χ0v) is 10.5. The van der Waals surface area contributed by atoms with Crippen LogP contribution >= 0.6 is 0 Å². The largest absolute Gasteiger partial charge is 0.481 e. The first kappa shape index (κ1) is 12.8. The summed E-state index contributed by atoms with van der Waals surface area (Å²) in [6.07, 6.45) is 2.72. The van der Waals surface area contributed by atoms with E-state index in [1.165, 1.54) is 12.8 Å². The molecule has 17 heavy (non-hydrogen) atoms. The molecule has 1 atom stereocenters. The second-order valence-electron chi connectivity index (χ2n) is 5.41. The van der Waals surface area contributed by atoms with Crippen LogP contribution in [-0.4, -0.2) is 61.3 Å². The first-order valence-corrected chi connectivity index (χ1v) is 6.48. The highest BCUT2D eigenvalue weighted by atomic mass is 16.4. The molecule has 5 heteroatoms. The minimum absolute atomic E-state index is 0.113. The number of piperidine rings is 1. The van der Waals surface area contributed by atoms with Crippen molar-refractivity contribution in [1.82, 2.24) is 15.5 Å². The van der Waals surface area contributed by atoms with Crippen molar-refractivity contribution < 1.29 is 9.90 Å². The normalized spacial score (nSPS) is 28.6. The highest BCUT2D eigenvalue weighted by molar-refractivity contribution is 5.68. The zero-order chi connectivity index (χ0) is 12.3. The molecule has 0 bridgehead atoms. The summed E-state index contributed by atoms with van der Waals surface area (Å²) in [6, 6.07) is 0. The summed E-state index contributed by atoms with van der Waals surface area (Å²) < 4.78 is 0. The molecule has 1 unspecified atom stereocenters. The van der Waals surface area contributed by atoms with Gasteiger partial charge in [0.25, 0.3) is 0 Å². The molecule has 0 amide bonds. The number of carboxylic acids is 1. The topological polar surface area (TPSA) is 64.6 Å². The van der Waals surface area contributed by atoms with Crippen LogP contribution in [0.15, 0.2) is 0 Å². The van der Waals surface area contributed by atoms with Gasteiger partial charge in [-0.3, -0.25) is 9.69 Å². The third kappa shape index (κ3) is 2.78. The molecule has 0 aromatic carbocycles. The van der Waals surface area contributed by atoms with Crippen molar-refractivity contribution in [3.05, 3.63) is 0 Å². The third-order valence-corrected chi connectivity index (χ3v) is 4.07. The van der Waals surface area contributed by atoms with Crippen molar-refractivity contribution >= 4 is 5.97 Å². The van der Waals surface area contributed by atoms with Gasteiger partial charge in [0.15, 0.2) is 0 Å². The average Bonchev–Trinajstić information content (AvgIpc) is 2.24. The summed E-state index contributed by atoms with van der Waals surface area (Å²) >= 11 is 0. The summed E-state index contributed by atoms with van der Waals surface area (Å²) in [6.45, 7) is 4.77. The van der Waals surface area contributed by atoms with Crippen LogP contribution in [0.1, 0.15) is 19.3 Å². The average molecular weight is 241 g/mol. The summed E-state index contributed by atoms with van der Waals surface area (Å²) in [4.78, 5) is 13.4. The fraction of sp³-hybridized carbons (Fsp3) is 0.917. The van der Waals surface area contributed by atoms with E-state index in [1.54, 1.807) is 0 Å². The minimum atomic E-state index is -0.678. The summed E-state index contributed by atoms with van der Waals surface area (Å²) in [7, 11) is 1.98. The van der Waals surface area contributed by atoms with Crippen molar-refractivity contribution in [3.63, 3.8) is 0 Å². The lowest BCUT2D eigenvalue weighted by atomic mass is 9.83. The SMILES string of the molecule is CNCC1CCCN(C2(CC(=O)O)CNC2)C1. The number of hydrogen-bond acceptors (Lipinski definition) is 4. The fourth-order valence-corrected chi connectivity index (χ4v) is 3.11. The Morgan fingerprint density at radius 3 is 2.88 bits per heavy atom. The van der Waals surface area contributed by atoms with Crippen molar-refractivity contribution in [2.45, 2.75) is 24.8 Å². The molecular weight excluding hydrogens is 218 g/mol. The van der Waals surface area contributed by atoms with Crippen molar-refractivity contribution in [2.24, 2.45) is 5.92 Å². The second-order valence-corrected chi connectivity index (χ2v) is 5.41. The van der Waals surface area contributed by atoms with Gasteiger partial charge in [0.05, 0.1) is 12.0 Å². The number of rotatable bonds is 5. The van der Waals surface area contributed by atoms with E-state index in [1.807, 2.05) is 7.05 Å². The van der Waals surface area contributed by atoms with Gasteiger partial charge < -0.3 is 15.7 Å². The number of likely N-dealkylation sites (tertiary alicyclic amines) is 1. The third-order valence-electron chi connectivity index (χ3n) is 4.07. The molecule has 2 heterocycles. The Balaban J connectivity index is 1.96. The van der Waals surface area contributed by atoms with Gasteiger partial charge >= 0.3 is 5.97 Å². The Morgan fingerprint density at radius 1 is 1.59 bits per heavy atom. The number of nitrogens with zero attached hydrogens (tertiary/aromatic N) is 1. The molecule has 0 saturated carbocycles. The molecule has 3 N–H and O–H groups in total. The Kier molecular flexibility index (Phi) is 4.01. The number of aliphatic carboxylic acids is 1. The maximum Gasteiger partial charge on any atom is 0.305 e. The first-order chi connectivity index (χ1) is 8.16. The second kappa shape index (κ2) is 5.33. The van der Waals surface area contributed by atoms with Gasteiger partial charge in [-0.05, 0) is 38.9 Å². The van der Waals surface area contributed by atoms with Crippen molar-refractivity contribution in [2.75, 3.05) is 39.8 Å². The molecular formula is C12H23N3O2. The van der Waals surface area contributed by atoms with E-state index in [-0.39, 0.29) is 12.0 Å². The first-order valence-electron chi connectivity index (χ1n) is 6.48. The fourth-order valence-electron chi connectivity index (χ4n) is 3.11. The molecule has 2 aliphatic heterocycles. The number of carbonyl (C=O) groups is 1. The van der Waals surface area contributed by atoms with E-state index in [2.05, 4.69) is 15.5 Å². The van der Waals surface area contributed by atoms with Gasteiger partial charge in [0.2, 0.25) is 0 Å². The molecule has 2 fully saturated rings. The number of hydrogen-bond donors (Lipinski definition) is 3. The zero-order valence-electron chi connectivity index (χ0n) is 10.5. The summed E-state index contributed by atoms with van der Waals surface area (Å²) in [5, 5.41) is 15.5. The van der Waals surface area contributed by atoms with E-state index < -0.39 is 5.97 Å². The van der Waals surface area contributed by atoms with E-state index in [4.69, 9.17) is 5.11 Å². The van der Waals surface area contributed by atoms with E-state index >= 15 is 0 Å². The summed E-state index contributed by atoms with van der Waals surface area (Å²) in [5.74, 6) is -0.0118. The lowest BCUT2D eigenvalue weighted by Gasteiger charge is -2.52. The van der Waals surface area contributed by atoms with Gasteiger partial charge in [-0.1, -0.05) is 0 Å². The summed E-state index contributed by atoms with van der Waals surface area (Å²) in [5.41, 5.74) is -0.113. The van der Waals surface area contributed by atoms with E-state index in [9.17, 15) is 4.79 Å². The minimum Gasteiger partial charge on any atom is -0.481 e. The lowest BCUT2D eigenvalue weighted by Crippen LogP contribution is -2.71. The van der Waals surface area contributed by atoms with Gasteiger partial charge in [0, 0.05) is 19.6 Å². The molecule has 0 aliphatic carbocycles. The molecule has 0 radical (unpaired) electrons. The molecule has 0 aromatic rings. The van der Waals surface area contributed by atoms with Gasteiger partial charge in [-0.25, -0.2) is 0 Å². The Morgan fingerprint density at radius 2 is 2.35 bits per heavy atom.